The van der Waals surface area contributed by atoms with Crippen LogP contribution in [0.4, 0.5) is 4.79 Å². The third-order valence-electron chi connectivity index (χ3n) is 2.52. The lowest BCUT2D eigenvalue weighted by Gasteiger charge is -2.25. The van der Waals surface area contributed by atoms with E-state index in [1.807, 2.05) is 6.92 Å². The molecule has 4 nitrogen and oxygen atoms in total. The molecule has 0 radical (unpaired) electrons. The van der Waals surface area contributed by atoms with Gasteiger partial charge in [0.05, 0.1) is 0 Å². The van der Waals surface area contributed by atoms with Crippen molar-refractivity contribution in [3.05, 3.63) is 0 Å². The van der Waals surface area contributed by atoms with Gasteiger partial charge in [-0.15, -0.1) is 0 Å². The zero-order chi connectivity index (χ0) is 12.3. The van der Waals surface area contributed by atoms with Gasteiger partial charge in [0.2, 0.25) is 5.91 Å². The number of carbonyl (C=O) groups excluding carboxylic acids is 2. The molecular weight excluding hydrogens is 206 g/mol. The minimum atomic E-state index is -0.546. The zero-order valence-corrected chi connectivity index (χ0v) is 10.6. The van der Waals surface area contributed by atoms with Gasteiger partial charge in [-0.1, -0.05) is 6.92 Å². The average molecular weight is 227 g/mol. The van der Waals surface area contributed by atoms with E-state index in [0.717, 1.165) is 12.8 Å². The monoisotopic (exact) mass is 227 g/mol. The van der Waals surface area contributed by atoms with Gasteiger partial charge in [0.1, 0.15) is 5.60 Å². The van der Waals surface area contributed by atoms with E-state index in [1.54, 1.807) is 20.8 Å². The molecule has 16 heavy (non-hydrogen) atoms. The molecular formula is C12H21NO3. The van der Waals surface area contributed by atoms with Gasteiger partial charge in [-0.3, -0.25) is 4.79 Å². The molecule has 2 amide bonds. The Bertz CT molecular complexity index is 280. The van der Waals surface area contributed by atoms with Crippen molar-refractivity contribution >= 4 is 12.0 Å². The Balaban J connectivity index is 2.64. The summed E-state index contributed by atoms with van der Waals surface area (Å²) in [6.45, 7) is 7.93. The second-order valence-electron chi connectivity index (χ2n) is 5.48. The Hall–Kier alpha value is -1.06. The fraction of sp³-hybridized carbons (Fsp3) is 0.833. The van der Waals surface area contributed by atoms with Gasteiger partial charge in [0.15, 0.2) is 0 Å². The second kappa shape index (κ2) is 4.85. The molecule has 0 aliphatic carbocycles. The van der Waals surface area contributed by atoms with Crippen LogP contribution >= 0.6 is 0 Å². The lowest BCUT2D eigenvalue weighted by Crippen LogP contribution is -2.40. The smallest absolute Gasteiger partial charge is 0.417 e. The highest BCUT2D eigenvalue weighted by molar-refractivity contribution is 5.92. The van der Waals surface area contributed by atoms with Crippen molar-refractivity contribution in [1.29, 1.82) is 0 Å². The first-order chi connectivity index (χ1) is 7.29. The van der Waals surface area contributed by atoms with Crippen LogP contribution in [0.5, 0.6) is 0 Å². The lowest BCUT2D eigenvalue weighted by molar-refractivity contribution is -0.130. The molecule has 1 unspecified atom stereocenters. The molecule has 0 aromatic rings. The molecule has 0 bridgehead atoms. The molecule has 1 aliphatic heterocycles. The molecule has 1 fully saturated rings. The van der Waals surface area contributed by atoms with E-state index < -0.39 is 11.7 Å². The fourth-order valence-electron chi connectivity index (χ4n) is 1.74. The van der Waals surface area contributed by atoms with Crippen LogP contribution in [0.2, 0.25) is 0 Å². The SMILES string of the molecule is CC1CCCN(C(=O)OC(C)(C)C)C(=O)C1. The van der Waals surface area contributed by atoms with Crippen LogP contribution in [-0.2, 0) is 9.53 Å². The maximum atomic E-state index is 11.8. The normalized spacial score (nSPS) is 22.9. The van der Waals surface area contributed by atoms with Crippen LogP contribution in [0.25, 0.3) is 0 Å². The molecule has 0 saturated carbocycles. The largest absolute Gasteiger partial charge is 0.443 e. The van der Waals surface area contributed by atoms with Gasteiger partial charge in [-0.05, 0) is 39.5 Å². The number of likely N-dealkylation sites (tertiary alicyclic amines) is 1. The van der Waals surface area contributed by atoms with Crippen molar-refractivity contribution < 1.29 is 14.3 Å². The van der Waals surface area contributed by atoms with Crippen LogP contribution < -0.4 is 0 Å². The number of carbonyl (C=O) groups is 2. The van der Waals surface area contributed by atoms with E-state index in [-0.39, 0.29) is 5.91 Å². The van der Waals surface area contributed by atoms with Gasteiger partial charge in [0.25, 0.3) is 0 Å². The Morgan fingerprint density at radius 2 is 2.06 bits per heavy atom. The van der Waals surface area contributed by atoms with Gasteiger partial charge in [0, 0.05) is 13.0 Å². The van der Waals surface area contributed by atoms with E-state index in [0.29, 0.717) is 18.9 Å². The van der Waals surface area contributed by atoms with E-state index in [2.05, 4.69) is 0 Å². The van der Waals surface area contributed by atoms with Crippen molar-refractivity contribution in [2.45, 2.75) is 52.6 Å². The van der Waals surface area contributed by atoms with E-state index >= 15 is 0 Å². The Morgan fingerprint density at radius 1 is 1.44 bits per heavy atom. The van der Waals surface area contributed by atoms with Crippen molar-refractivity contribution in [3.8, 4) is 0 Å². The molecule has 1 heterocycles. The van der Waals surface area contributed by atoms with Crippen LogP contribution in [0.15, 0.2) is 0 Å². The van der Waals surface area contributed by atoms with Crippen LogP contribution in [0.3, 0.4) is 0 Å². The van der Waals surface area contributed by atoms with Crippen LogP contribution in [0, 0.1) is 5.92 Å². The summed E-state index contributed by atoms with van der Waals surface area (Å²) in [5, 5.41) is 0. The molecule has 1 atom stereocenters. The van der Waals surface area contributed by atoms with E-state index in [9.17, 15) is 9.59 Å². The first kappa shape index (κ1) is 13.0. The molecule has 1 rings (SSSR count). The quantitative estimate of drug-likeness (QED) is 0.639. The average Bonchev–Trinajstić information content (AvgIpc) is 2.23. The Labute approximate surface area is 96.9 Å². The van der Waals surface area contributed by atoms with Crippen LogP contribution in [0.1, 0.15) is 47.0 Å². The summed E-state index contributed by atoms with van der Waals surface area (Å²) in [6, 6.07) is 0. The minimum Gasteiger partial charge on any atom is -0.443 e. The number of nitrogens with zero attached hydrogens (tertiary/aromatic N) is 1. The highest BCUT2D eigenvalue weighted by Gasteiger charge is 2.29. The molecule has 4 heteroatoms. The Morgan fingerprint density at radius 3 is 2.62 bits per heavy atom. The maximum Gasteiger partial charge on any atom is 0.417 e. The first-order valence-corrected chi connectivity index (χ1v) is 5.83. The predicted octanol–water partition coefficient (Wildman–Crippen LogP) is 2.57. The molecule has 0 aromatic carbocycles. The van der Waals surface area contributed by atoms with Gasteiger partial charge >= 0.3 is 6.09 Å². The van der Waals surface area contributed by atoms with Crippen molar-refractivity contribution in [1.82, 2.24) is 4.90 Å². The standard InChI is InChI=1S/C12H21NO3/c1-9-6-5-7-13(10(14)8-9)11(15)16-12(2,3)4/h9H,5-8H2,1-4H3. The third-order valence-corrected chi connectivity index (χ3v) is 2.52. The van der Waals surface area contributed by atoms with Crippen molar-refractivity contribution in [2.75, 3.05) is 6.54 Å². The second-order valence-corrected chi connectivity index (χ2v) is 5.48. The molecule has 0 spiro atoms. The number of imide groups is 1. The first-order valence-electron chi connectivity index (χ1n) is 5.83. The van der Waals surface area contributed by atoms with Crippen molar-refractivity contribution in [3.63, 3.8) is 0 Å². The summed E-state index contributed by atoms with van der Waals surface area (Å²) in [6.07, 6.45) is 1.79. The van der Waals surface area contributed by atoms with Crippen LogP contribution in [-0.4, -0.2) is 29.0 Å². The van der Waals surface area contributed by atoms with E-state index in [4.69, 9.17) is 4.74 Å². The Kier molecular flexibility index (Phi) is 3.94. The topological polar surface area (TPSA) is 46.6 Å². The number of rotatable bonds is 0. The summed E-state index contributed by atoms with van der Waals surface area (Å²) in [4.78, 5) is 24.8. The van der Waals surface area contributed by atoms with Crippen molar-refractivity contribution in [2.24, 2.45) is 5.92 Å². The minimum absolute atomic E-state index is 0.112. The number of ether oxygens (including phenoxy) is 1. The van der Waals surface area contributed by atoms with E-state index in [1.165, 1.54) is 4.90 Å². The molecule has 0 N–H and O–H groups in total. The third kappa shape index (κ3) is 3.83. The summed E-state index contributed by atoms with van der Waals surface area (Å²) in [5.74, 6) is 0.249. The predicted molar refractivity (Wildman–Crippen MR) is 61.0 cm³/mol. The van der Waals surface area contributed by atoms with Gasteiger partial charge < -0.3 is 4.74 Å². The molecule has 92 valence electrons. The van der Waals surface area contributed by atoms with Gasteiger partial charge in [-0.2, -0.15) is 0 Å². The molecule has 0 aromatic heterocycles. The summed E-state index contributed by atoms with van der Waals surface area (Å²) in [5.41, 5.74) is -0.546. The highest BCUT2D eigenvalue weighted by atomic mass is 16.6. The summed E-state index contributed by atoms with van der Waals surface area (Å²) >= 11 is 0. The maximum absolute atomic E-state index is 11.8. The number of hydrogen-bond acceptors (Lipinski definition) is 3. The number of hydrogen-bond donors (Lipinski definition) is 0. The molecule has 1 saturated heterocycles. The zero-order valence-electron chi connectivity index (χ0n) is 10.6. The molecule has 1 aliphatic rings. The fourth-order valence-corrected chi connectivity index (χ4v) is 1.74. The lowest BCUT2D eigenvalue weighted by atomic mass is 10.0. The highest BCUT2D eigenvalue weighted by Crippen LogP contribution is 2.19. The summed E-state index contributed by atoms with van der Waals surface area (Å²) in [7, 11) is 0. The van der Waals surface area contributed by atoms with Gasteiger partial charge in [-0.25, -0.2) is 9.69 Å². The summed E-state index contributed by atoms with van der Waals surface area (Å²) < 4.78 is 5.20. The number of amides is 2.